The van der Waals surface area contributed by atoms with E-state index >= 15 is 0 Å². The predicted octanol–water partition coefficient (Wildman–Crippen LogP) is 2.77. The molecule has 0 aliphatic carbocycles. The van der Waals surface area contributed by atoms with Crippen LogP contribution in [0, 0.1) is 0 Å². The van der Waals surface area contributed by atoms with E-state index in [1.54, 1.807) is 12.1 Å². The molecule has 2 N–H and O–H groups in total. The second-order valence-corrected chi connectivity index (χ2v) is 7.39. The van der Waals surface area contributed by atoms with Gasteiger partial charge in [0, 0.05) is 57.4 Å². The lowest BCUT2D eigenvalue weighted by atomic mass is 10.2. The van der Waals surface area contributed by atoms with Crippen LogP contribution in [0.4, 0.5) is 8.78 Å². The molecule has 176 valence electrons. The zero-order valence-electron chi connectivity index (χ0n) is 19.0. The molecule has 9 heteroatoms. The van der Waals surface area contributed by atoms with Crippen molar-refractivity contribution in [3.63, 3.8) is 0 Å². The van der Waals surface area contributed by atoms with E-state index in [1.807, 2.05) is 13.8 Å². The quantitative estimate of drug-likeness (QED) is 0.384. The number of ether oxygens (including phenoxy) is 2. The van der Waals surface area contributed by atoms with Gasteiger partial charge in [0.15, 0.2) is 5.96 Å². The number of alkyl halides is 2. The number of halogens is 2. The van der Waals surface area contributed by atoms with E-state index in [9.17, 15) is 8.78 Å². The molecule has 0 unspecified atom stereocenters. The van der Waals surface area contributed by atoms with Gasteiger partial charge >= 0.3 is 6.61 Å². The molecule has 2 rings (SSSR count). The summed E-state index contributed by atoms with van der Waals surface area (Å²) in [5.74, 6) is 1.26. The first-order valence-electron chi connectivity index (χ1n) is 11.2. The molecule has 0 bridgehead atoms. The lowest BCUT2D eigenvalue weighted by molar-refractivity contribution is -0.0505. The molecule has 0 spiro atoms. The minimum absolute atomic E-state index is 0.0944. The number of piperazine rings is 1. The Kier molecular flexibility index (Phi) is 11.4. The Morgan fingerprint density at radius 1 is 1.10 bits per heavy atom. The van der Waals surface area contributed by atoms with E-state index < -0.39 is 6.61 Å². The number of aliphatic imine (C=N–C) groups is 1. The van der Waals surface area contributed by atoms with Crippen LogP contribution in [0.2, 0.25) is 0 Å². The van der Waals surface area contributed by atoms with Crippen molar-refractivity contribution < 1.29 is 18.3 Å². The highest BCUT2D eigenvalue weighted by Gasteiger charge is 2.15. The Morgan fingerprint density at radius 3 is 2.48 bits per heavy atom. The fourth-order valence-electron chi connectivity index (χ4n) is 3.35. The molecule has 1 aliphatic rings. The monoisotopic (exact) mass is 441 g/mol. The van der Waals surface area contributed by atoms with Gasteiger partial charge in [-0.2, -0.15) is 8.78 Å². The summed E-state index contributed by atoms with van der Waals surface area (Å²) in [7, 11) is 0. The molecule has 1 aromatic rings. The third kappa shape index (κ3) is 9.26. The van der Waals surface area contributed by atoms with Gasteiger partial charge in [-0.1, -0.05) is 13.8 Å². The topological polar surface area (TPSA) is 61.4 Å². The van der Waals surface area contributed by atoms with Crippen LogP contribution in [0.1, 0.15) is 32.8 Å². The van der Waals surface area contributed by atoms with Crippen molar-refractivity contribution in [1.82, 2.24) is 20.4 Å². The second kappa shape index (κ2) is 14.0. The Balaban J connectivity index is 1.93. The van der Waals surface area contributed by atoms with Crippen molar-refractivity contribution in [2.75, 3.05) is 59.0 Å². The first-order chi connectivity index (χ1) is 15.0. The van der Waals surface area contributed by atoms with E-state index in [0.717, 1.165) is 52.2 Å². The average Bonchev–Trinajstić information content (AvgIpc) is 2.77. The molecule has 1 aliphatic heterocycles. The van der Waals surface area contributed by atoms with Crippen molar-refractivity contribution in [1.29, 1.82) is 0 Å². The van der Waals surface area contributed by atoms with Crippen molar-refractivity contribution >= 4 is 5.96 Å². The number of likely N-dealkylation sites (N-methyl/N-ethyl adjacent to an activating group) is 1. The molecule has 1 saturated heterocycles. The molecule has 0 aromatic heterocycles. The number of guanidine groups is 1. The van der Waals surface area contributed by atoms with Crippen molar-refractivity contribution in [3.8, 4) is 11.5 Å². The number of nitrogens with one attached hydrogen (secondary N) is 2. The number of hydrogen-bond donors (Lipinski definition) is 2. The smallest absolute Gasteiger partial charge is 0.387 e. The summed E-state index contributed by atoms with van der Waals surface area (Å²) in [5.41, 5.74) is 0.581. The Bertz CT molecular complexity index is 667. The summed E-state index contributed by atoms with van der Waals surface area (Å²) in [6, 6.07) is 4.99. The average molecular weight is 442 g/mol. The molecule has 0 atom stereocenters. The van der Waals surface area contributed by atoms with Crippen LogP contribution in [0.15, 0.2) is 23.2 Å². The zero-order valence-corrected chi connectivity index (χ0v) is 19.0. The van der Waals surface area contributed by atoms with Crippen LogP contribution < -0.4 is 20.1 Å². The molecule has 31 heavy (non-hydrogen) atoms. The minimum Gasteiger partial charge on any atom is -0.493 e. The van der Waals surface area contributed by atoms with Gasteiger partial charge < -0.3 is 25.0 Å². The molecule has 1 heterocycles. The van der Waals surface area contributed by atoms with Crippen LogP contribution in [0.5, 0.6) is 11.5 Å². The number of rotatable bonds is 12. The highest BCUT2D eigenvalue weighted by atomic mass is 19.3. The normalized spacial score (nSPS) is 15.9. The Morgan fingerprint density at radius 2 is 1.84 bits per heavy atom. The highest BCUT2D eigenvalue weighted by Crippen LogP contribution is 2.27. The molecule has 0 saturated carbocycles. The number of benzene rings is 1. The largest absolute Gasteiger partial charge is 0.493 e. The second-order valence-electron chi connectivity index (χ2n) is 7.39. The van der Waals surface area contributed by atoms with Gasteiger partial charge in [-0.15, -0.1) is 0 Å². The summed E-state index contributed by atoms with van der Waals surface area (Å²) in [6.07, 6.45) is 0.836. The Labute approximate surface area is 184 Å². The summed E-state index contributed by atoms with van der Waals surface area (Å²) in [5, 5.41) is 6.54. The van der Waals surface area contributed by atoms with Crippen molar-refractivity contribution in [2.24, 2.45) is 4.99 Å². The lowest BCUT2D eigenvalue weighted by Gasteiger charge is -2.34. The Hall–Kier alpha value is -2.13. The summed E-state index contributed by atoms with van der Waals surface area (Å²) in [4.78, 5) is 9.44. The molecular formula is C22H37F2N5O2. The molecule has 0 radical (unpaired) electrons. The SMILES string of the molecule is CCCOc1ccc(CN=C(NCC)NCCN2CCN(CC)CC2)c(OC(F)F)c1. The van der Waals surface area contributed by atoms with E-state index in [4.69, 9.17) is 9.47 Å². The summed E-state index contributed by atoms with van der Waals surface area (Å²) >= 11 is 0. The van der Waals surface area contributed by atoms with Gasteiger partial charge in [0.2, 0.25) is 0 Å². The third-order valence-electron chi connectivity index (χ3n) is 5.11. The van der Waals surface area contributed by atoms with E-state index in [-0.39, 0.29) is 12.3 Å². The van der Waals surface area contributed by atoms with Gasteiger partial charge in [-0.3, -0.25) is 4.90 Å². The maximum absolute atomic E-state index is 12.9. The van der Waals surface area contributed by atoms with Crippen LogP contribution in [-0.2, 0) is 6.54 Å². The zero-order chi connectivity index (χ0) is 22.5. The molecule has 7 nitrogen and oxygen atoms in total. The highest BCUT2D eigenvalue weighted by molar-refractivity contribution is 5.79. The molecule has 1 aromatic carbocycles. The minimum atomic E-state index is -2.90. The van der Waals surface area contributed by atoms with Crippen LogP contribution >= 0.6 is 0 Å². The lowest BCUT2D eigenvalue weighted by Crippen LogP contribution is -2.49. The maximum atomic E-state index is 12.9. The van der Waals surface area contributed by atoms with E-state index in [2.05, 4.69) is 32.3 Å². The van der Waals surface area contributed by atoms with Gasteiger partial charge in [-0.05, 0) is 32.0 Å². The van der Waals surface area contributed by atoms with Crippen molar-refractivity contribution in [3.05, 3.63) is 23.8 Å². The van der Waals surface area contributed by atoms with E-state index in [0.29, 0.717) is 30.4 Å². The van der Waals surface area contributed by atoms with Crippen LogP contribution in [-0.4, -0.2) is 81.3 Å². The fourth-order valence-corrected chi connectivity index (χ4v) is 3.35. The maximum Gasteiger partial charge on any atom is 0.387 e. The van der Waals surface area contributed by atoms with E-state index in [1.165, 1.54) is 6.07 Å². The summed E-state index contributed by atoms with van der Waals surface area (Å²) < 4.78 is 36.0. The number of nitrogens with zero attached hydrogens (tertiary/aromatic N) is 3. The third-order valence-corrected chi connectivity index (χ3v) is 5.11. The first-order valence-corrected chi connectivity index (χ1v) is 11.2. The number of hydrogen-bond acceptors (Lipinski definition) is 5. The molecular weight excluding hydrogens is 404 g/mol. The van der Waals surface area contributed by atoms with Gasteiger partial charge in [-0.25, -0.2) is 4.99 Å². The van der Waals surface area contributed by atoms with Crippen molar-refractivity contribution in [2.45, 2.75) is 40.3 Å². The molecule has 0 amide bonds. The van der Waals surface area contributed by atoms with Gasteiger partial charge in [0.1, 0.15) is 11.5 Å². The van der Waals surface area contributed by atoms with Gasteiger partial charge in [0.05, 0.1) is 13.2 Å². The standard InChI is InChI=1S/C22H37F2N5O2/c1-4-15-30-19-8-7-18(20(16-19)31-21(23)24)17-27-22(25-5-2)26-9-10-29-13-11-28(6-3)12-14-29/h7-8,16,21H,4-6,9-15,17H2,1-3H3,(H2,25,26,27). The predicted molar refractivity (Wildman–Crippen MR) is 120 cm³/mol. The van der Waals surface area contributed by atoms with Crippen LogP contribution in [0.25, 0.3) is 0 Å². The van der Waals surface area contributed by atoms with Crippen LogP contribution in [0.3, 0.4) is 0 Å². The first kappa shape index (κ1) is 25.1. The molecule has 1 fully saturated rings. The van der Waals surface area contributed by atoms with Gasteiger partial charge in [0.25, 0.3) is 0 Å². The fraction of sp³-hybridized carbons (Fsp3) is 0.682. The summed E-state index contributed by atoms with van der Waals surface area (Å²) in [6.45, 7) is 11.9.